The molecule has 2 atom stereocenters. The molecule has 1 aliphatic heterocycles. The number of aliphatic imine (C=N–C) groups is 1. The molecule has 0 saturated carbocycles. The van der Waals surface area contributed by atoms with Crippen LogP contribution in [0.5, 0.6) is 5.75 Å². The number of carbonyl (C=O) groups excluding carboxylic acids is 1. The maximum atomic E-state index is 14.3. The number of nitrogens with one attached hydrogen (secondary N) is 2. The average molecular weight is 613 g/mol. The molecule has 230 valence electrons. The lowest BCUT2D eigenvalue weighted by molar-refractivity contribution is -0.130. The summed E-state index contributed by atoms with van der Waals surface area (Å²) in [4.78, 5) is 22.2. The maximum absolute atomic E-state index is 14.3. The van der Waals surface area contributed by atoms with Crippen molar-refractivity contribution < 1.29 is 28.2 Å². The Morgan fingerprint density at radius 2 is 1.76 bits per heavy atom. The first-order chi connectivity index (χ1) is 21.9. The Hall–Kier alpha value is -5.29. The van der Waals surface area contributed by atoms with Crippen LogP contribution in [0.3, 0.4) is 0 Å². The van der Waals surface area contributed by atoms with Crippen molar-refractivity contribution in [3.8, 4) is 5.75 Å². The maximum Gasteiger partial charge on any atom is 0.266 e. The largest absolute Gasteiger partial charge is 0.494 e. The highest BCUT2D eigenvalue weighted by molar-refractivity contribution is 6.01. The first-order valence-corrected chi connectivity index (χ1v) is 14.2. The lowest BCUT2D eigenvalue weighted by Gasteiger charge is -2.31. The standard InChI is InChI=1S/C33H30F2N6O4/c34-27-16-11-23(19-28(27)35)21-37-40-32(43)33(20-22-7-2-1-3-8-22)30(26-9-4-5-10-29(26)39-41-36)45-31(38-33)24-12-14-25(15-13-24)44-18-6-17-42/h1-5,7-16,19,30,37,42H,6,17-18,20-21H2,(H,40,43)/t30-,33-/m0/s1. The quantitative estimate of drug-likeness (QED) is 0.0559. The predicted molar refractivity (Wildman–Crippen MR) is 163 cm³/mol. The Kier molecular flexibility index (Phi) is 10.0. The highest BCUT2D eigenvalue weighted by atomic mass is 19.2. The number of amides is 1. The topological polar surface area (TPSA) is 141 Å². The molecule has 0 aromatic heterocycles. The number of ether oxygens (including phenoxy) is 2. The van der Waals surface area contributed by atoms with Crippen molar-refractivity contribution in [3.63, 3.8) is 0 Å². The van der Waals surface area contributed by atoms with E-state index in [0.717, 1.165) is 17.7 Å². The number of azide groups is 1. The fraction of sp³-hybridized carbons (Fsp3) is 0.212. The van der Waals surface area contributed by atoms with E-state index in [-0.39, 0.29) is 31.2 Å². The highest BCUT2D eigenvalue weighted by Gasteiger charge is 2.54. The summed E-state index contributed by atoms with van der Waals surface area (Å²) in [7, 11) is 0. The van der Waals surface area contributed by atoms with E-state index in [9.17, 15) is 19.1 Å². The van der Waals surface area contributed by atoms with Crippen molar-refractivity contribution in [2.24, 2.45) is 10.1 Å². The molecule has 0 bridgehead atoms. The molecule has 12 heteroatoms. The van der Waals surface area contributed by atoms with E-state index in [2.05, 4.69) is 20.9 Å². The first kappa shape index (κ1) is 31.1. The summed E-state index contributed by atoms with van der Waals surface area (Å²) in [6.45, 7) is 0.367. The molecule has 4 aromatic rings. The second kappa shape index (κ2) is 14.5. The minimum Gasteiger partial charge on any atom is -0.494 e. The van der Waals surface area contributed by atoms with Gasteiger partial charge in [-0.1, -0.05) is 65.8 Å². The van der Waals surface area contributed by atoms with Crippen LogP contribution in [0, 0.1) is 11.6 Å². The van der Waals surface area contributed by atoms with E-state index < -0.39 is 29.2 Å². The van der Waals surface area contributed by atoms with Gasteiger partial charge in [-0.05, 0) is 53.1 Å². The highest BCUT2D eigenvalue weighted by Crippen LogP contribution is 2.45. The SMILES string of the molecule is [N-]=[N+]=Nc1ccccc1[C@@H]1OC(c2ccc(OCCCO)cc2)=N[C@]1(Cc1ccccc1)C(=O)NNCc1ccc(F)c(F)c1. The minimum absolute atomic E-state index is 0.000488. The van der Waals surface area contributed by atoms with Gasteiger partial charge in [0.1, 0.15) is 5.75 Å². The van der Waals surface area contributed by atoms with Crippen LogP contribution in [0.15, 0.2) is 107 Å². The molecule has 1 amide bonds. The molecule has 10 nitrogen and oxygen atoms in total. The molecule has 0 unspecified atom stereocenters. The van der Waals surface area contributed by atoms with E-state index in [1.807, 2.05) is 30.3 Å². The number of hydrazine groups is 1. The molecular weight excluding hydrogens is 582 g/mol. The van der Waals surface area contributed by atoms with Crippen LogP contribution in [-0.4, -0.2) is 35.7 Å². The zero-order chi connectivity index (χ0) is 31.6. The number of carbonyl (C=O) groups is 1. The van der Waals surface area contributed by atoms with E-state index in [0.29, 0.717) is 35.5 Å². The Balaban J connectivity index is 1.54. The van der Waals surface area contributed by atoms with Crippen LogP contribution in [0.1, 0.15) is 34.8 Å². The lowest BCUT2D eigenvalue weighted by atomic mass is 9.81. The summed E-state index contributed by atoms with van der Waals surface area (Å²) in [5.74, 6) is -1.76. The number of nitrogens with zero attached hydrogens (tertiary/aromatic N) is 4. The van der Waals surface area contributed by atoms with E-state index >= 15 is 0 Å². The Morgan fingerprint density at radius 1 is 1.00 bits per heavy atom. The van der Waals surface area contributed by atoms with Gasteiger partial charge in [-0.2, -0.15) is 0 Å². The third-order valence-electron chi connectivity index (χ3n) is 7.20. The Bertz CT molecular complexity index is 1710. The van der Waals surface area contributed by atoms with Gasteiger partial charge in [0.2, 0.25) is 5.90 Å². The fourth-order valence-electron chi connectivity index (χ4n) is 5.00. The monoisotopic (exact) mass is 612 g/mol. The molecule has 4 aromatic carbocycles. The van der Waals surface area contributed by atoms with E-state index in [1.54, 1.807) is 48.5 Å². The van der Waals surface area contributed by atoms with Crippen LogP contribution in [0.2, 0.25) is 0 Å². The fourth-order valence-corrected chi connectivity index (χ4v) is 5.00. The average Bonchev–Trinajstić information content (AvgIpc) is 3.44. The smallest absolute Gasteiger partial charge is 0.266 e. The molecule has 0 aliphatic carbocycles. The molecule has 1 aliphatic rings. The summed E-state index contributed by atoms with van der Waals surface area (Å²) in [6.07, 6.45) is -0.432. The summed E-state index contributed by atoms with van der Waals surface area (Å²) in [6, 6.07) is 26.5. The van der Waals surface area contributed by atoms with Crippen molar-refractivity contribution in [2.75, 3.05) is 13.2 Å². The van der Waals surface area contributed by atoms with Crippen LogP contribution in [0.25, 0.3) is 10.4 Å². The molecule has 0 spiro atoms. The van der Waals surface area contributed by atoms with Crippen LogP contribution < -0.4 is 15.6 Å². The van der Waals surface area contributed by atoms with E-state index in [1.165, 1.54) is 6.07 Å². The van der Waals surface area contributed by atoms with Gasteiger partial charge in [-0.25, -0.2) is 19.2 Å². The first-order valence-electron chi connectivity index (χ1n) is 14.2. The van der Waals surface area contributed by atoms with Gasteiger partial charge in [0.05, 0.1) is 6.61 Å². The number of aliphatic hydroxyl groups excluding tert-OH is 1. The number of benzene rings is 4. The van der Waals surface area contributed by atoms with Crippen molar-refractivity contribution in [3.05, 3.63) is 141 Å². The third kappa shape index (κ3) is 7.27. The summed E-state index contributed by atoms with van der Waals surface area (Å²) < 4.78 is 39.3. The number of aliphatic hydroxyl groups is 1. The van der Waals surface area contributed by atoms with Crippen molar-refractivity contribution in [1.82, 2.24) is 10.9 Å². The zero-order valence-electron chi connectivity index (χ0n) is 24.1. The second-order valence-corrected chi connectivity index (χ2v) is 10.3. The van der Waals surface area contributed by atoms with Crippen molar-refractivity contribution in [2.45, 2.75) is 31.0 Å². The molecule has 0 saturated heterocycles. The number of hydrogen-bond acceptors (Lipinski definition) is 7. The van der Waals surface area contributed by atoms with Gasteiger partial charge < -0.3 is 14.6 Å². The Morgan fingerprint density at radius 3 is 2.49 bits per heavy atom. The lowest BCUT2D eigenvalue weighted by Crippen LogP contribution is -2.53. The van der Waals surface area contributed by atoms with Crippen LogP contribution in [-0.2, 0) is 22.5 Å². The van der Waals surface area contributed by atoms with Gasteiger partial charge in [-0.3, -0.25) is 10.2 Å². The molecule has 1 heterocycles. The molecule has 0 radical (unpaired) electrons. The summed E-state index contributed by atoms with van der Waals surface area (Å²) in [5, 5.41) is 12.9. The Labute approximate surface area is 257 Å². The van der Waals surface area contributed by atoms with Gasteiger partial charge >= 0.3 is 0 Å². The normalized spacial score (nSPS) is 17.1. The molecule has 45 heavy (non-hydrogen) atoms. The van der Waals surface area contributed by atoms with Crippen LogP contribution in [0.4, 0.5) is 14.5 Å². The minimum atomic E-state index is -1.60. The third-order valence-corrected chi connectivity index (χ3v) is 7.20. The summed E-state index contributed by atoms with van der Waals surface area (Å²) in [5.41, 5.74) is 15.7. The number of hydrogen-bond donors (Lipinski definition) is 3. The molecule has 3 N–H and O–H groups in total. The molecule has 5 rings (SSSR count). The molecular formula is C33H30F2N6O4. The zero-order valence-corrected chi connectivity index (χ0v) is 24.1. The number of rotatable bonds is 13. The van der Waals surface area contributed by atoms with Crippen molar-refractivity contribution in [1.29, 1.82) is 0 Å². The van der Waals surface area contributed by atoms with E-state index in [4.69, 9.17) is 19.6 Å². The van der Waals surface area contributed by atoms with Crippen LogP contribution >= 0.6 is 0 Å². The molecule has 0 fully saturated rings. The van der Waals surface area contributed by atoms with Crippen molar-refractivity contribution >= 4 is 17.5 Å². The van der Waals surface area contributed by atoms with Gasteiger partial charge in [0, 0.05) is 47.7 Å². The van der Waals surface area contributed by atoms with Gasteiger partial charge in [0.25, 0.3) is 5.91 Å². The predicted octanol–water partition coefficient (Wildman–Crippen LogP) is 5.99. The van der Waals surface area contributed by atoms with Gasteiger partial charge in [-0.15, -0.1) is 0 Å². The van der Waals surface area contributed by atoms with Gasteiger partial charge in [0.15, 0.2) is 23.3 Å². The number of halogens is 2. The summed E-state index contributed by atoms with van der Waals surface area (Å²) >= 11 is 0. The second-order valence-electron chi connectivity index (χ2n) is 10.3.